The van der Waals surface area contributed by atoms with Crippen molar-refractivity contribution in [2.24, 2.45) is 0 Å². The van der Waals surface area contributed by atoms with Crippen molar-refractivity contribution in [3.63, 3.8) is 0 Å². The summed E-state index contributed by atoms with van der Waals surface area (Å²) in [5.74, 6) is -0.117. The zero-order chi connectivity index (χ0) is 11.8. The van der Waals surface area contributed by atoms with Crippen molar-refractivity contribution in [2.75, 3.05) is 7.11 Å². The summed E-state index contributed by atoms with van der Waals surface area (Å²) in [5.41, 5.74) is 1.22. The first-order valence-electron chi connectivity index (χ1n) is 6.18. The first kappa shape index (κ1) is 13.2. The number of unbranched alkanes of at least 4 members (excludes halogenated alkanes) is 3. The van der Waals surface area contributed by atoms with Gasteiger partial charge in [-0.15, -0.1) is 0 Å². The molecule has 0 aromatic carbocycles. The number of hydrogen-bond acceptors (Lipinski definition) is 3. The fourth-order valence-corrected chi connectivity index (χ4v) is 2.07. The average Bonchev–Trinajstić information content (AvgIpc) is 2.69. The SMILES string of the molecule is COC(=O)CCCCCCC1=CCCC1O. The molecule has 1 atom stereocenters. The lowest BCUT2D eigenvalue weighted by Crippen LogP contribution is -2.04. The van der Waals surface area contributed by atoms with Gasteiger partial charge in [-0.25, -0.2) is 0 Å². The minimum Gasteiger partial charge on any atom is -0.469 e. The summed E-state index contributed by atoms with van der Waals surface area (Å²) < 4.78 is 4.57. The molecule has 0 aromatic heterocycles. The Hall–Kier alpha value is -0.830. The molecular formula is C13H22O3. The lowest BCUT2D eigenvalue weighted by molar-refractivity contribution is -0.140. The van der Waals surface area contributed by atoms with Crippen molar-refractivity contribution in [3.8, 4) is 0 Å². The lowest BCUT2D eigenvalue weighted by atomic mass is 10.0. The van der Waals surface area contributed by atoms with Crippen molar-refractivity contribution < 1.29 is 14.6 Å². The zero-order valence-electron chi connectivity index (χ0n) is 10.1. The van der Waals surface area contributed by atoms with Crippen molar-refractivity contribution in [3.05, 3.63) is 11.6 Å². The van der Waals surface area contributed by atoms with E-state index in [0.717, 1.165) is 44.9 Å². The van der Waals surface area contributed by atoms with E-state index in [2.05, 4.69) is 10.8 Å². The van der Waals surface area contributed by atoms with Gasteiger partial charge >= 0.3 is 5.97 Å². The van der Waals surface area contributed by atoms with E-state index in [4.69, 9.17) is 0 Å². The Bertz CT molecular complexity index is 246. The lowest BCUT2D eigenvalue weighted by Gasteiger charge is -2.07. The number of esters is 1. The summed E-state index contributed by atoms with van der Waals surface area (Å²) >= 11 is 0. The molecule has 0 aromatic rings. The molecule has 1 N–H and O–H groups in total. The monoisotopic (exact) mass is 226 g/mol. The van der Waals surface area contributed by atoms with E-state index in [9.17, 15) is 9.90 Å². The third kappa shape index (κ3) is 4.79. The van der Waals surface area contributed by atoms with Gasteiger partial charge in [-0.2, -0.15) is 0 Å². The summed E-state index contributed by atoms with van der Waals surface area (Å²) in [6.07, 6.45) is 9.67. The van der Waals surface area contributed by atoms with Gasteiger partial charge in [0.2, 0.25) is 0 Å². The number of hydrogen-bond donors (Lipinski definition) is 1. The highest BCUT2D eigenvalue weighted by Gasteiger charge is 2.14. The molecule has 0 amide bonds. The molecule has 0 bridgehead atoms. The van der Waals surface area contributed by atoms with Gasteiger partial charge in [0.1, 0.15) is 0 Å². The van der Waals surface area contributed by atoms with Gasteiger partial charge < -0.3 is 9.84 Å². The minimum absolute atomic E-state index is 0.117. The van der Waals surface area contributed by atoms with Crippen molar-refractivity contribution >= 4 is 5.97 Å². The minimum atomic E-state index is -0.185. The summed E-state index contributed by atoms with van der Waals surface area (Å²) in [6, 6.07) is 0. The van der Waals surface area contributed by atoms with Crippen LogP contribution in [-0.4, -0.2) is 24.3 Å². The van der Waals surface area contributed by atoms with Gasteiger partial charge in [-0.05, 0) is 37.7 Å². The Labute approximate surface area is 97.5 Å². The standard InChI is InChI=1S/C13H22O3/c1-16-13(15)10-5-3-2-4-7-11-8-6-9-12(11)14/h8,12,14H,2-7,9-10H2,1H3. The highest BCUT2D eigenvalue weighted by atomic mass is 16.5. The van der Waals surface area contributed by atoms with E-state index in [1.807, 2.05) is 0 Å². The second kappa shape index (κ2) is 7.44. The molecular weight excluding hydrogens is 204 g/mol. The third-order valence-corrected chi connectivity index (χ3v) is 3.10. The number of methoxy groups -OCH3 is 1. The van der Waals surface area contributed by atoms with E-state index in [0.29, 0.717) is 6.42 Å². The highest BCUT2D eigenvalue weighted by Crippen LogP contribution is 2.23. The molecule has 0 fully saturated rings. The van der Waals surface area contributed by atoms with E-state index < -0.39 is 0 Å². The fourth-order valence-electron chi connectivity index (χ4n) is 2.07. The van der Waals surface area contributed by atoms with E-state index in [1.54, 1.807) is 0 Å². The molecule has 16 heavy (non-hydrogen) atoms. The molecule has 1 aliphatic rings. The maximum atomic E-state index is 10.8. The van der Waals surface area contributed by atoms with Crippen molar-refractivity contribution in [1.82, 2.24) is 0 Å². The molecule has 1 rings (SSSR count). The molecule has 0 saturated carbocycles. The van der Waals surface area contributed by atoms with E-state index >= 15 is 0 Å². The Morgan fingerprint density at radius 1 is 1.44 bits per heavy atom. The van der Waals surface area contributed by atoms with Crippen LogP contribution in [0.5, 0.6) is 0 Å². The van der Waals surface area contributed by atoms with Gasteiger partial charge in [0.25, 0.3) is 0 Å². The molecule has 0 aliphatic heterocycles. The number of ether oxygens (including phenoxy) is 1. The van der Waals surface area contributed by atoms with Gasteiger partial charge in [0.05, 0.1) is 13.2 Å². The highest BCUT2D eigenvalue weighted by molar-refractivity contribution is 5.68. The van der Waals surface area contributed by atoms with Crippen molar-refractivity contribution in [1.29, 1.82) is 0 Å². The van der Waals surface area contributed by atoms with Crippen LogP contribution in [0.3, 0.4) is 0 Å². The average molecular weight is 226 g/mol. The number of aliphatic hydroxyl groups is 1. The molecule has 0 saturated heterocycles. The van der Waals surface area contributed by atoms with Crippen LogP contribution >= 0.6 is 0 Å². The number of allylic oxidation sites excluding steroid dienone is 1. The Morgan fingerprint density at radius 2 is 2.19 bits per heavy atom. The van der Waals surface area contributed by atoms with Crippen LogP contribution in [0.25, 0.3) is 0 Å². The summed E-state index contributed by atoms with van der Waals surface area (Å²) in [6.45, 7) is 0. The summed E-state index contributed by atoms with van der Waals surface area (Å²) in [7, 11) is 1.43. The molecule has 3 heteroatoms. The van der Waals surface area contributed by atoms with Crippen LogP contribution in [-0.2, 0) is 9.53 Å². The van der Waals surface area contributed by atoms with Gasteiger partial charge in [-0.1, -0.05) is 18.9 Å². The Balaban J connectivity index is 1.94. The normalized spacial score (nSPS) is 19.6. The van der Waals surface area contributed by atoms with Crippen LogP contribution in [0.4, 0.5) is 0 Å². The molecule has 1 unspecified atom stereocenters. The second-order valence-corrected chi connectivity index (χ2v) is 4.36. The number of carbonyl (C=O) groups is 1. The molecule has 0 heterocycles. The largest absolute Gasteiger partial charge is 0.469 e. The summed E-state index contributed by atoms with van der Waals surface area (Å²) in [4.78, 5) is 10.8. The number of carbonyl (C=O) groups excluding carboxylic acids is 1. The maximum absolute atomic E-state index is 10.8. The van der Waals surface area contributed by atoms with Gasteiger partial charge in [0, 0.05) is 6.42 Å². The predicted molar refractivity (Wildman–Crippen MR) is 63.0 cm³/mol. The Kier molecular flexibility index (Phi) is 6.16. The quantitative estimate of drug-likeness (QED) is 0.412. The third-order valence-electron chi connectivity index (χ3n) is 3.10. The van der Waals surface area contributed by atoms with Crippen LogP contribution < -0.4 is 0 Å². The van der Waals surface area contributed by atoms with Crippen molar-refractivity contribution in [2.45, 2.75) is 57.5 Å². The number of rotatable bonds is 7. The summed E-state index contributed by atoms with van der Waals surface area (Å²) in [5, 5.41) is 9.57. The fraction of sp³-hybridized carbons (Fsp3) is 0.769. The molecule has 0 spiro atoms. The topological polar surface area (TPSA) is 46.5 Å². The second-order valence-electron chi connectivity index (χ2n) is 4.36. The van der Waals surface area contributed by atoms with E-state index in [-0.39, 0.29) is 12.1 Å². The van der Waals surface area contributed by atoms with Gasteiger partial charge in [-0.3, -0.25) is 4.79 Å². The Morgan fingerprint density at radius 3 is 2.81 bits per heavy atom. The van der Waals surface area contributed by atoms with Gasteiger partial charge in [0.15, 0.2) is 0 Å². The van der Waals surface area contributed by atoms with E-state index in [1.165, 1.54) is 12.7 Å². The van der Waals surface area contributed by atoms with Crippen LogP contribution in [0.1, 0.15) is 51.4 Å². The van der Waals surface area contributed by atoms with Crippen LogP contribution in [0.15, 0.2) is 11.6 Å². The first-order valence-corrected chi connectivity index (χ1v) is 6.18. The molecule has 92 valence electrons. The van der Waals surface area contributed by atoms with Crippen LogP contribution in [0, 0.1) is 0 Å². The maximum Gasteiger partial charge on any atom is 0.305 e. The zero-order valence-corrected chi connectivity index (χ0v) is 10.1. The molecule has 3 nitrogen and oxygen atoms in total. The first-order chi connectivity index (χ1) is 7.74. The smallest absolute Gasteiger partial charge is 0.305 e. The molecule has 0 radical (unpaired) electrons. The predicted octanol–water partition coefficient (Wildman–Crippen LogP) is 2.58. The number of aliphatic hydroxyl groups excluding tert-OH is 1. The molecule has 1 aliphatic carbocycles. The van der Waals surface area contributed by atoms with Crippen LogP contribution in [0.2, 0.25) is 0 Å².